The second kappa shape index (κ2) is 7.50. The molecular formula is C26H25N5O2. The molecule has 2 aliphatic rings. The number of aromatic nitrogens is 3. The van der Waals surface area contributed by atoms with Crippen molar-refractivity contribution in [2.45, 2.75) is 44.1 Å². The van der Waals surface area contributed by atoms with E-state index in [2.05, 4.69) is 40.8 Å². The molecule has 33 heavy (non-hydrogen) atoms. The molecule has 0 spiro atoms. The molecule has 166 valence electrons. The summed E-state index contributed by atoms with van der Waals surface area (Å²) in [5.74, 6) is 1.37. The van der Waals surface area contributed by atoms with Gasteiger partial charge in [0.2, 0.25) is 0 Å². The Morgan fingerprint density at radius 1 is 1.06 bits per heavy atom. The van der Waals surface area contributed by atoms with Crippen LogP contribution in [0.25, 0.3) is 16.8 Å². The summed E-state index contributed by atoms with van der Waals surface area (Å²) in [4.78, 5) is 14.3. The minimum absolute atomic E-state index is 0.149. The number of aliphatic hydroxyl groups is 1. The molecule has 0 saturated heterocycles. The number of hydrogen-bond donors (Lipinski definition) is 3. The van der Waals surface area contributed by atoms with Gasteiger partial charge >= 0.3 is 0 Å². The van der Waals surface area contributed by atoms with E-state index in [4.69, 9.17) is 9.98 Å². The van der Waals surface area contributed by atoms with E-state index >= 15 is 0 Å². The maximum atomic E-state index is 10.3. The molecule has 0 bridgehead atoms. The van der Waals surface area contributed by atoms with E-state index in [-0.39, 0.29) is 5.92 Å². The Morgan fingerprint density at radius 3 is 2.64 bits per heavy atom. The molecule has 4 aromatic rings. The van der Waals surface area contributed by atoms with Gasteiger partial charge in [0.05, 0.1) is 11.3 Å². The van der Waals surface area contributed by atoms with Crippen LogP contribution in [0.5, 0.6) is 0 Å². The van der Waals surface area contributed by atoms with Gasteiger partial charge in [0, 0.05) is 29.6 Å². The number of fused-ring (bicyclic) bond motifs is 2. The minimum Gasteiger partial charge on any atom is -0.390 e. The Hall–Kier alpha value is -3.55. The van der Waals surface area contributed by atoms with Crippen molar-refractivity contribution in [1.29, 1.82) is 0 Å². The van der Waals surface area contributed by atoms with Gasteiger partial charge in [0.25, 0.3) is 0 Å². The molecule has 2 aromatic heterocycles. The predicted octanol–water partition coefficient (Wildman–Crippen LogP) is 4.89. The Morgan fingerprint density at radius 2 is 1.88 bits per heavy atom. The van der Waals surface area contributed by atoms with E-state index in [0.29, 0.717) is 24.2 Å². The topological polar surface area (TPSA) is 95.0 Å². The lowest BCUT2D eigenvalue weighted by Crippen LogP contribution is -2.40. The summed E-state index contributed by atoms with van der Waals surface area (Å²) in [6, 6.07) is 16.6. The van der Waals surface area contributed by atoms with Crippen LogP contribution in [0.2, 0.25) is 0 Å². The standard InChI is InChI=1S/C26H25N5O2/c1-26(32)14-19(15-26)25-29-22(23-24(30-33)27-11-12-31(23)25)18-8-7-17-9-10-20(28-21(17)13-18)16-5-3-2-4-6-16/h2-8,11-13,19,32-33H,9-10,14-15H2,1H3,(H,27,30). The van der Waals surface area contributed by atoms with Crippen LogP contribution in [0.15, 0.2) is 65.9 Å². The molecule has 0 radical (unpaired) electrons. The first-order valence-corrected chi connectivity index (χ1v) is 11.3. The van der Waals surface area contributed by atoms with E-state index < -0.39 is 5.60 Å². The molecule has 1 aliphatic heterocycles. The summed E-state index contributed by atoms with van der Waals surface area (Å²) in [5, 5.41) is 20.0. The summed E-state index contributed by atoms with van der Waals surface area (Å²) < 4.78 is 1.97. The fourth-order valence-corrected chi connectivity index (χ4v) is 5.14. The molecular weight excluding hydrogens is 414 g/mol. The van der Waals surface area contributed by atoms with Crippen molar-refractivity contribution in [3.05, 3.63) is 77.9 Å². The highest BCUT2D eigenvalue weighted by Gasteiger charge is 2.41. The van der Waals surface area contributed by atoms with Gasteiger partial charge in [-0.3, -0.25) is 20.1 Å². The first-order chi connectivity index (χ1) is 16.0. The summed E-state index contributed by atoms with van der Waals surface area (Å²) in [5.41, 5.74) is 8.36. The highest BCUT2D eigenvalue weighted by atomic mass is 16.5. The molecule has 0 unspecified atom stereocenters. The molecule has 7 nitrogen and oxygen atoms in total. The molecule has 1 aliphatic carbocycles. The second-order valence-corrected chi connectivity index (χ2v) is 9.29. The largest absolute Gasteiger partial charge is 0.390 e. The van der Waals surface area contributed by atoms with Crippen molar-refractivity contribution in [2.75, 3.05) is 5.48 Å². The van der Waals surface area contributed by atoms with Gasteiger partial charge in [-0.15, -0.1) is 0 Å². The average molecular weight is 440 g/mol. The number of aliphatic imine (C=N–C) groups is 1. The smallest absolute Gasteiger partial charge is 0.176 e. The lowest BCUT2D eigenvalue weighted by molar-refractivity contribution is -0.0335. The Bertz CT molecular complexity index is 1380. The first-order valence-electron chi connectivity index (χ1n) is 11.3. The van der Waals surface area contributed by atoms with Crippen molar-refractivity contribution < 1.29 is 10.3 Å². The van der Waals surface area contributed by atoms with Gasteiger partial charge in [0.1, 0.15) is 17.0 Å². The molecule has 1 saturated carbocycles. The highest BCUT2D eigenvalue weighted by molar-refractivity contribution is 6.03. The normalized spacial score (nSPS) is 21.9. The molecule has 7 heteroatoms. The number of hydrogen-bond acceptors (Lipinski definition) is 6. The van der Waals surface area contributed by atoms with Crippen LogP contribution in [0.1, 0.15) is 49.1 Å². The number of imidazole rings is 1. The van der Waals surface area contributed by atoms with Crippen molar-refractivity contribution in [3.63, 3.8) is 0 Å². The number of rotatable bonds is 4. The quantitative estimate of drug-likeness (QED) is 0.394. The van der Waals surface area contributed by atoms with Gasteiger partial charge in [-0.2, -0.15) is 0 Å². The van der Waals surface area contributed by atoms with Crippen LogP contribution in [-0.4, -0.2) is 36.0 Å². The maximum absolute atomic E-state index is 10.3. The van der Waals surface area contributed by atoms with Gasteiger partial charge in [-0.05, 0) is 49.8 Å². The van der Waals surface area contributed by atoms with E-state index in [1.165, 1.54) is 5.56 Å². The van der Waals surface area contributed by atoms with Crippen LogP contribution < -0.4 is 5.48 Å². The highest BCUT2D eigenvalue weighted by Crippen LogP contribution is 2.45. The fourth-order valence-electron chi connectivity index (χ4n) is 5.14. The van der Waals surface area contributed by atoms with E-state index in [1.54, 1.807) is 6.20 Å². The zero-order valence-electron chi connectivity index (χ0n) is 18.4. The molecule has 0 atom stereocenters. The van der Waals surface area contributed by atoms with Crippen LogP contribution in [0, 0.1) is 0 Å². The lowest BCUT2D eigenvalue weighted by Gasteiger charge is -2.40. The minimum atomic E-state index is -0.657. The summed E-state index contributed by atoms with van der Waals surface area (Å²) >= 11 is 0. The third kappa shape index (κ3) is 3.41. The summed E-state index contributed by atoms with van der Waals surface area (Å²) in [7, 11) is 0. The van der Waals surface area contributed by atoms with Crippen LogP contribution in [-0.2, 0) is 6.42 Å². The number of nitrogens with zero attached hydrogens (tertiary/aromatic N) is 4. The van der Waals surface area contributed by atoms with Crippen LogP contribution >= 0.6 is 0 Å². The maximum Gasteiger partial charge on any atom is 0.176 e. The molecule has 6 rings (SSSR count). The van der Waals surface area contributed by atoms with Gasteiger partial charge in [0.15, 0.2) is 5.82 Å². The Labute approximate surface area is 191 Å². The van der Waals surface area contributed by atoms with Gasteiger partial charge < -0.3 is 5.11 Å². The molecule has 0 amide bonds. The van der Waals surface area contributed by atoms with Gasteiger partial charge in [-0.25, -0.2) is 9.97 Å². The second-order valence-electron chi connectivity index (χ2n) is 9.29. The number of anilines is 1. The number of benzene rings is 2. The SMILES string of the molecule is CC1(O)CC(c2nc(-c3ccc4c(c3)N=C(c3ccccc3)CC4)c3c(NO)nccn23)C1. The monoisotopic (exact) mass is 439 g/mol. The predicted molar refractivity (Wildman–Crippen MR) is 127 cm³/mol. The third-order valence-electron chi connectivity index (χ3n) is 6.78. The molecule has 1 fully saturated rings. The van der Waals surface area contributed by atoms with Crippen LogP contribution in [0.4, 0.5) is 11.5 Å². The van der Waals surface area contributed by atoms with Crippen molar-refractivity contribution >= 4 is 22.7 Å². The van der Waals surface area contributed by atoms with Crippen molar-refractivity contribution in [3.8, 4) is 11.3 Å². The van der Waals surface area contributed by atoms with E-state index in [9.17, 15) is 10.3 Å². The number of aryl methyl sites for hydroxylation is 1. The molecule has 3 N–H and O–H groups in total. The Balaban J connectivity index is 1.48. The van der Waals surface area contributed by atoms with Crippen LogP contribution in [0.3, 0.4) is 0 Å². The lowest BCUT2D eigenvalue weighted by atomic mass is 9.72. The molecule has 2 aromatic carbocycles. The number of nitrogens with one attached hydrogen (secondary N) is 1. The summed E-state index contributed by atoms with van der Waals surface area (Å²) in [6.07, 6.45) is 6.67. The van der Waals surface area contributed by atoms with Crippen molar-refractivity contribution in [1.82, 2.24) is 14.4 Å². The molecule has 3 heterocycles. The third-order valence-corrected chi connectivity index (χ3v) is 6.78. The van der Waals surface area contributed by atoms with Crippen molar-refractivity contribution in [2.24, 2.45) is 4.99 Å². The zero-order chi connectivity index (χ0) is 22.6. The van der Waals surface area contributed by atoms with E-state index in [0.717, 1.165) is 46.9 Å². The first kappa shape index (κ1) is 20.1. The van der Waals surface area contributed by atoms with E-state index in [1.807, 2.05) is 35.7 Å². The summed E-state index contributed by atoms with van der Waals surface area (Å²) in [6.45, 7) is 1.86. The van der Waals surface area contributed by atoms with Gasteiger partial charge in [-0.1, -0.05) is 42.5 Å². The average Bonchev–Trinajstić information content (AvgIpc) is 3.22. The fraction of sp³-hybridized carbons (Fsp3) is 0.269. The zero-order valence-corrected chi connectivity index (χ0v) is 18.4. The Kier molecular flexibility index (Phi) is 4.57.